The van der Waals surface area contributed by atoms with Gasteiger partial charge in [-0.2, -0.15) is 0 Å². The second-order valence-electron chi connectivity index (χ2n) is 3.73. The van der Waals surface area contributed by atoms with Crippen LogP contribution < -0.4 is 5.32 Å². The largest absolute Gasteiger partial charge is 0.347 e. The molecule has 0 aliphatic rings. The third-order valence-electron chi connectivity index (χ3n) is 2.48. The predicted molar refractivity (Wildman–Crippen MR) is 67.4 cm³/mol. The van der Waals surface area contributed by atoms with E-state index in [1.807, 2.05) is 19.3 Å². The molecule has 0 spiro atoms. The Bertz CT molecular complexity index is 563. The van der Waals surface area contributed by atoms with Crippen LogP contribution >= 0.6 is 11.6 Å². The SMILES string of the molecule is Cc1nc(Cl)ccc1NC(=O)c1cccn1C. The van der Waals surface area contributed by atoms with Crippen LogP contribution in [0.1, 0.15) is 16.2 Å². The summed E-state index contributed by atoms with van der Waals surface area (Å²) in [6.45, 7) is 1.80. The smallest absolute Gasteiger partial charge is 0.272 e. The number of anilines is 1. The molecule has 0 bridgehead atoms. The number of aromatic nitrogens is 2. The summed E-state index contributed by atoms with van der Waals surface area (Å²) in [5.41, 5.74) is 1.96. The lowest BCUT2D eigenvalue weighted by atomic mass is 10.3. The molecule has 0 aliphatic heterocycles. The molecule has 0 saturated carbocycles. The summed E-state index contributed by atoms with van der Waals surface area (Å²) in [7, 11) is 1.82. The number of halogens is 1. The highest BCUT2D eigenvalue weighted by molar-refractivity contribution is 6.29. The second-order valence-corrected chi connectivity index (χ2v) is 4.11. The number of rotatable bonds is 2. The van der Waals surface area contributed by atoms with Crippen LogP contribution in [0.5, 0.6) is 0 Å². The maximum absolute atomic E-state index is 11.9. The van der Waals surface area contributed by atoms with Gasteiger partial charge in [-0.1, -0.05) is 11.6 Å². The van der Waals surface area contributed by atoms with E-state index in [4.69, 9.17) is 11.6 Å². The first-order valence-corrected chi connectivity index (χ1v) is 5.51. The minimum Gasteiger partial charge on any atom is -0.347 e. The Morgan fingerprint density at radius 3 is 2.76 bits per heavy atom. The van der Waals surface area contributed by atoms with E-state index in [1.54, 1.807) is 29.7 Å². The van der Waals surface area contributed by atoms with E-state index in [-0.39, 0.29) is 5.91 Å². The number of aryl methyl sites for hydroxylation is 2. The van der Waals surface area contributed by atoms with Gasteiger partial charge in [0.1, 0.15) is 10.8 Å². The van der Waals surface area contributed by atoms with Crippen molar-refractivity contribution >= 4 is 23.2 Å². The van der Waals surface area contributed by atoms with Gasteiger partial charge in [0.05, 0.1) is 11.4 Å². The Balaban J connectivity index is 2.22. The van der Waals surface area contributed by atoms with Gasteiger partial charge in [-0.05, 0) is 31.2 Å². The minimum atomic E-state index is -0.162. The van der Waals surface area contributed by atoms with Gasteiger partial charge in [0.25, 0.3) is 5.91 Å². The van der Waals surface area contributed by atoms with E-state index >= 15 is 0 Å². The zero-order valence-corrected chi connectivity index (χ0v) is 10.3. The van der Waals surface area contributed by atoms with Crippen LogP contribution in [0.4, 0.5) is 5.69 Å². The summed E-state index contributed by atoms with van der Waals surface area (Å²) in [6.07, 6.45) is 1.82. The first kappa shape index (κ1) is 11.7. The van der Waals surface area contributed by atoms with Crippen molar-refractivity contribution in [3.63, 3.8) is 0 Å². The average Bonchev–Trinajstić information content (AvgIpc) is 2.68. The van der Waals surface area contributed by atoms with Crippen molar-refractivity contribution in [2.75, 3.05) is 5.32 Å². The molecular formula is C12H12ClN3O. The molecule has 88 valence electrons. The molecule has 0 aromatic carbocycles. The molecule has 0 radical (unpaired) electrons. The van der Waals surface area contributed by atoms with Crippen molar-refractivity contribution in [2.24, 2.45) is 7.05 Å². The molecule has 1 amide bonds. The molecule has 0 saturated heterocycles. The number of carbonyl (C=O) groups is 1. The molecule has 2 rings (SSSR count). The molecule has 0 atom stereocenters. The summed E-state index contributed by atoms with van der Waals surface area (Å²) in [5, 5.41) is 3.22. The van der Waals surface area contributed by atoms with Gasteiger partial charge in [-0.3, -0.25) is 4.79 Å². The van der Waals surface area contributed by atoms with Crippen LogP contribution in [0.2, 0.25) is 5.15 Å². The number of carbonyl (C=O) groups excluding carboxylic acids is 1. The van der Waals surface area contributed by atoms with E-state index in [0.29, 0.717) is 22.2 Å². The van der Waals surface area contributed by atoms with E-state index in [0.717, 1.165) is 0 Å². The molecular weight excluding hydrogens is 238 g/mol. The van der Waals surface area contributed by atoms with Gasteiger partial charge in [-0.15, -0.1) is 0 Å². The summed E-state index contributed by atoms with van der Waals surface area (Å²) >= 11 is 5.75. The standard InChI is InChI=1S/C12H12ClN3O/c1-8-9(5-6-11(13)14-8)15-12(17)10-4-3-7-16(10)2/h3-7H,1-2H3,(H,15,17). The number of nitrogens with zero attached hydrogens (tertiary/aromatic N) is 2. The van der Waals surface area contributed by atoms with Crippen molar-refractivity contribution in [3.8, 4) is 0 Å². The molecule has 0 fully saturated rings. The van der Waals surface area contributed by atoms with Crippen LogP contribution in [0.15, 0.2) is 30.5 Å². The number of hydrogen-bond acceptors (Lipinski definition) is 2. The van der Waals surface area contributed by atoms with E-state index in [1.165, 1.54) is 0 Å². The summed E-state index contributed by atoms with van der Waals surface area (Å²) in [6, 6.07) is 6.97. The fourth-order valence-corrected chi connectivity index (χ4v) is 1.74. The minimum absolute atomic E-state index is 0.162. The Morgan fingerprint density at radius 1 is 1.41 bits per heavy atom. The van der Waals surface area contributed by atoms with Gasteiger partial charge < -0.3 is 9.88 Å². The Morgan fingerprint density at radius 2 is 2.18 bits per heavy atom. The maximum Gasteiger partial charge on any atom is 0.272 e. The number of nitrogens with one attached hydrogen (secondary N) is 1. The maximum atomic E-state index is 11.9. The van der Waals surface area contributed by atoms with Crippen LogP contribution in [-0.2, 0) is 7.05 Å². The Hall–Kier alpha value is -1.81. The van der Waals surface area contributed by atoms with Gasteiger partial charge >= 0.3 is 0 Å². The van der Waals surface area contributed by atoms with Crippen LogP contribution in [0, 0.1) is 6.92 Å². The van der Waals surface area contributed by atoms with Gasteiger partial charge in [-0.25, -0.2) is 4.98 Å². The summed E-state index contributed by atoms with van der Waals surface area (Å²) in [5.74, 6) is -0.162. The predicted octanol–water partition coefficient (Wildman–Crippen LogP) is 2.63. The zero-order chi connectivity index (χ0) is 12.4. The second kappa shape index (κ2) is 4.59. The monoisotopic (exact) mass is 249 g/mol. The molecule has 5 heteroatoms. The summed E-state index contributed by atoms with van der Waals surface area (Å²) < 4.78 is 1.76. The number of pyridine rings is 1. The van der Waals surface area contributed by atoms with Crippen LogP contribution in [0.25, 0.3) is 0 Å². The van der Waals surface area contributed by atoms with Crippen LogP contribution in [0.3, 0.4) is 0 Å². The van der Waals surface area contributed by atoms with Crippen molar-refractivity contribution in [2.45, 2.75) is 6.92 Å². The van der Waals surface area contributed by atoms with Crippen molar-refractivity contribution < 1.29 is 4.79 Å². The van der Waals surface area contributed by atoms with Gasteiger partial charge in [0.2, 0.25) is 0 Å². The quantitative estimate of drug-likeness (QED) is 0.832. The topological polar surface area (TPSA) is 46.9 Å². The average molecular weight is 250 g/mol. The highest BCUT2D eigenvalue weighted by atomic mass is 35.5. The van der Waals surface area contributed by atoms with Crippen molar-refractivity contribution in [3.05, 3.63) is 47.0 Å². The molecule has 0 unspecified atom stereocenters. The lowest BCUT2D eigenvalue weighted by Gasteiger charge is -2.08. The molecule has 2 heterocycles. The molecule has 2 aromatic heterocycles. The normalized spacial score (nSPS) is 10.3. The third-order valence-corrected chi connectivity index (χ3v) is 2.69. The lowest BCUT2D eigenvalue weighted by Crippen LogP contribution is -2.16. The van der Waals surface area contributed by atoms with Gasteiger partial charge in [0.15, 0.2) is 0 Å². The highest BCUT2D eigenvalue weighted by Crippen LogP contribution is 2.16. The zero-order valence-electron chi connectivity index (χ0n) is 9.57. The molecule has 2 aromatic rings. The number of amides is 1. The molecule has 17 heavy (non-hydrogen) atoms. The van der Waals surface area contributed by atoms with E-state index < -0.39 is 0 Å². The lowest BCUT2D eigenvalue weighted by molar-refractivity contribution is 0.101. The van der Waals surface area contributed by atoms with Crippen LogP contribution in [-0.4, -0.2) is 15.5 Å². The summed E-state index contributed by atoms with van der Waals surface area (Å²) in [4.78, 5) is 16.0. The van der Waals surface area contributed by atoms with E-state index in [9.17, 15) is 4.79 Å². The Labute approximate surface area is 104 Å². The van der Waals surface area contributed by atoms with Crippen molar-refractivity contribution in [1.29, 1.82) is 0 Å². The fourth-order valence-electron chi connectivity index (χ4n) is 1.55. The third kappa shape index (κ3) is 2.47. The molecule has 4 nitrogen and oxygen atoms in total. The Kier molecular flexibility index (Phi) is 3.15. The molecule has 1 N–H and O–H groups in total. The van der Waals surface area contributed by atoms with E-state index in [2.05, 4.69) is 10.3 Å². The first-order chi connectivity index (χ1) is 8.08. The van der Waals surface area contributed by atoms with Gasteiger partial charge in [0, 0.05) is 13.2 Å². The highest BCUT2D eigenvalue weighted by Gasteiger charge is 2.10. The number of hydrogen-bond donors (Lipinski definition) is 1. The first-order valence-electron chi connectivity index (χ1n) is 5.14. The fraction of sp³-hybridized carbons (Fsp3) is 0.167. The van der Waals surface area contributed by atoms with Crippen molar-refractivity contribution in [1.82, 2.24) is 9.55 Å². The molecule has 0 aliphatic carbocycles.